The topological polar surface area (TPSA) is 61.4 Å². The quantitative estimate of drug-likeness (QED) is 0.662. The summed E-state index contributed by atoms with van der Waals surface area (Å²) in [4.78, 5) is 11.9. The number of carbonyl (C=O) groups is 1. The molecule has 1 aromatic heterocycles. The lowest BCUT2D eigenvalue weighted by molar-refractivity contribution is 0.176. The van der Waals surface area contributed by atoms with Gasteiger partial charge in [-0.3, -0.25) is 0 Å². The van der Waals surface area contributed by atoms with Gasteiger partial charge in [-0.1, -0.05) is 12.1 Å². The number of thiophene rings is 1. The number of carbonyl (C=O) groups excluding carboxylic acids is 1. The standard InChI is InChI=1S/C10H14N2O2S/c1-2-5-11-10(14)12-7-8(13)9-4-3-6-15-9/h2-4,6,8,13H,1,5,7H2,(H2,11,12,14). The third-order valence-electron chi connectivity index (χ3n) is 1.73. The number of nitrogens with one attached hydrogen (secondary N) is 2. The molecule has 0 fully saturated rings. The Labute approximate surface area is 92.6 Å². The Morgan fingerprint density at radius 3 is 3.07 bits per heavy atom. The van der Waals surface area contributed by atoms with Crippen LogP contribution in [0.15, 0.2) is 30.2 Å². The van der Waals surface area contributed by atoms with Crippen LogP contribution in [-0.4, -0.2) is 24.2 Å². The highest BCUT2D eigenvalue weighted by molar-refractivity contribution is 7.10. The minimum Gasteiger partial charge on any atom is -0.386 e. The van der Waals surface area contributed by atoms with Crippen molar-refractivity contribution in [1.82, 2.24) is 10.6 Å². The number of aliphatic hydroxyl groups is 1. The Hall–Kier alpha value is -1.33. The van der Waals surface area contributed by atoms with Crippen LogP contribution in [0, 0.1) is 0 Å². The average molecular weight is 226 g/mol. The van der Waals surface area contributed by atoms with E-state index in [1.807, 2.05) is 17.5 Å². The van der Waals surface area contributed by atoms with Gasteiger partial charge in [0, 0.05) is 11.4 Å². The van der Waals surface area contributed by atoms with Gasteiger partial charge in [-0.15, -0.1) is 17.9 Å². The second-order valence-corrected chi connectivity index (χ2v) is 3.89. The SMILES string of the molecule is C=CCNC(=O)NCC(O)c1cccs1. The minimum absolute atomic E-state index is 0.212. The van der Waals surface area contributed by atoms with Crippen LogP contribution in [-0.2, 0) is 0 Å². The molecule has 0 saturated heterocycles. The van der Waals surface area contributed by atoms with Crippen molar-refractivity contribution in [2.75, 3.05) is 13.1 Å². The molecule has 2 amide bonds. The Morgan fingerprint density at radius 2 is 2.47 bits per heavy atom. The fraction of sp³-hybridized carbons (Fsp3) is 0.300. The van der Waals surface area contributed by atoms with Crippen molar-refractivity contribution < 1.29 is 9.90 Å². The van der Waals surface area contributed by atoms with Gasteiger partial charge < -0.3 is 15.7 Å². The van der Waals surface area contributed by atoms with Crippen molar-refractivity contribution >= 4 is 17.4 Å². The molecule has 0 aromatic carbocycles. The van der Waals surface area contributed by atoms with Crippen LogP contribution < -0.4 is 10.6 Å². The Kier molecular flexibility index (Phi) is 4.86. The highest BCUT2D eigenvalue weighted by atomic mass is 32.1. The normalized spacial score (nSPS) is 11.8. The molecule has 1 unspecified atom stereocenters. The van der Waals surface area contributed by atoms with Crippen molar-refractivity contribution in [1.29, 1.82) is 0 Å². The van der Waals surface area contributed by atoms with E-state index >= 15 is 0 Å². The molecular weight excluding hydrogens is 212 g/mol. The number of amides is 2. The second kappa shape index (κ2) is 6.21. The molecule has 0 bridgehead atoms. The lowest BCUT2D eigenvalue weighted by Crippen LogP contribution is -2.37. The van der Waals surface area contributed by atoms with Gasteiger partial charge in [-0.25, -0.2) is 4.79 Å². The Bertz CT molecular complexity index is 311. The van der Waals surface area contributed by atoms with Gasteiger partial charge in [-0.05, 0) is 11.4 Å². The van der Waals surface area contributed by atoms with Crippen molar-refractivity contribution in [2.24, 2.45) is 0 Å². The molecule has 3 N–H and O–H groups in total. The molecule has 0 saturated carbocycles. The number of urea groups is 1. The average Bonchev–Trinajstić information content (AvgIpc) is 2.76. The molecule has 0 radical (unpaired) electrons. The molecule has 4 nitrogen and oxygen atoms in total. The summed E-state index contributed by atoms with van der Waals surface area (Å²) < 4.78 is 0. The lowest BCUT2D eigenvalue weighted by Gasteiger charge is -2.10. The summed E-state index contributed by atoms with van der Waals surface area (Å²) in [6, 6.07) is 3.39. The van der Waals surface area contributed by atoms with Crippen LogP contribution >= 0.6 is 11.3 Å². The summed E-state index contributed by atoms with van der Waals surface area (Å²) in [6.07, 6.45) is 0.953. The van der Waals surface area contributed by atoms with Crippen molar-refractivity contribution in [3.8, 4) is 0 Å². The third kappa shape index (κ3) is 4.14. The van der Waals surface area contributed by atoms with E-state index in [9.17, 15) is 9.90 Å². The summed E-state index contributed by atoms with van der Waals surface area (Å²) >= 11 is 1.46. The van der Waals surface area contributed by atoms with Crippen LogP contribution in [0.4, 0.5) is 4.79 Å². The fourth-order valence-electron chi connectivity index (χ4n) is 0.998. The van der Waals surface area contributed by atoms with E-state index in [2.05, 4.69) is 17.2 Å². The molecule has 5 heteroatoms. The third-order valence-corrected chi connectivity index (χ3v) is 2.71. The van der Waals surface area contributed by atoms with Crippen molar-refractivity contribution in [3.05, 3.63) is 35.0 Å². The van der Waals surface area contributed by atoms with Gasteiger partial charge in [0.1, 0.15) is 6.10 Å². The first-order valence-electron chi connectivity index (χ1n) is 4.58. The predicted octanol–water partition coefficient (Wildman–Crippen LogP) is 1.27. The van der Waals surface area contributed by atoms with Crippen molar-refractivity contribution in [3.63, 3.8) is 0 Å². The molecule has 1 heterocycles. The van der Waals surface area contributed by atoms with E-state index in [0.29, 0.717) is 6.54 Å². The van der Waals surface area contributed by atoms with E-state index in [1.165, 1.54) is 11.3 Å². The summed E-state index contributed by atoms with van der Waals surface area (Å²) in [5.74, 6) is 0. The molecule has 1 aromatic rings. The summed E-state index contributed by atoms with van der Waals surface area (Å²) in [6.45, 7) is 4.11. The van der Waals surface area contributed by atoms with E-state index in [-0.39, 0.29) is 12.6 Å². The van der Waals surface area contributed by atoms with Crippen LogP contribution in [0.5, 0.6) is 0 Å². The molecule has 1 atom stereocenters. The molecule has 0 aliphatic rings. The van der Waals surface area contributed by atoms with Gasteiger partial charge in [0.25, 0.3) is 0 Å². The first-order chi connectivity index (χ1) is 7.24. The van der Waals surface area contributed by atoms with E-state index in [0.717, 1.165) is 4.88 Å². The maximum atomic E-state index is 11.1. The molecule has 82 valence electrons. The summed E-state index contributed by atoms with van der Waals surface area (Å²) in [7, 11) is 0. The predicted molar refractivity (Wildman–Crippen MR) is 60.9 cm³/mol. The Morgan fingerprint density at radius 1 is 1.67 bits per heavy atom. The number of rotatable bonds is 5. The van der Waals surface area contributed by atoms with E-state index in [1.54, 1.807) is 6.08 Å². The molecule has 0 aliphatic carbocycles. The number of hydrogen-bond donors (Lipinski definition) is 3. The maximum absolute atomic E-state index is 11.1. The van der Waals surface area contributed by atoms with Crippen LogP contribution in [0.1, 0.15) is 11.0 Å². The zero-order chi connectivity index (χ0) is 11.1. The monoisotopic (exact) mass is 226 g/mol. The summed E-state index contributed by atoms with van der Waals surface area (Å²) in [5.41, 5.74) is 0. The molecule has 0 spiro atoms. The van der Waals surface area contributed by atoms with Gasteiger partial charge in [0.2, 0.25) is 0 Å². The molecule has 15 heavy (non-hydrogen) atoms. The lowest BCUT2D eigenvalue weighted by atomic mass is 10.3. The zero-order valence-electron chi connectivity index (χ0n) is 8.27. The van der Waals surface area contributed by atoms with Gasteiger partial charge >= 0.3 is 6.03 Å². The Balaban J connectivity index is 2.25. The van der Waals surface area contributed by atoms with Gasteiger partial charge in [-0.2, -0.15) is 0 Å². The van der Waals surface area contributed by atoms with Crippen LogP contribution in [0.25, 0.3) is 0 Å². The fourth-order valence-corrected chi connectivity index (χ4v) is 1.71. The smallest absolute Gasteiger partial charge is 0.315 e. The number of aliphatic hydroxyl groups excluding tert-OH is 1. The first kappa shape index (κ1) is 11.7. The largest absolute Gasteiger partial charge is 0.386 e. The molecule has 1 rings (SSSR count). The van der Waals surface area contributed by atoms with E-state index < -0.39 is 6.10 Å². The highest BCUT2D eigenvalue weighted by Crippen LogP contribution is 2.17. The van der Waals surface area contributed by atoms with Gasteiger partial charge in [0.15, 0.2) is 0 Å². The number of hydrogen-bond acceptors (Lipinski definition) is 3. The maximum Gasteiger partial charge on any atom is 0.315 e. The second-order valence-electron chi connectivity index (χ2n) is 2.91. The first-order valence-corrected chi connectivity index (χ1v) is 5.46. The van der Waals surface area contributed by atoms with Crippen molar-refractivity contribution in [2.45, 2.75) is 6.10 Å². The minimum atomic E-state index is -0.639. The van der Waals surface area contributed by atoms with Gasteiger partial charge in [0.05, 0.1) is 6.54 Å². The molecule has 0 aliphatic heterocycles. The highest BCUT2D eigenvalue weighted by Gasteiger charge is 2.09. The zero-order valence-corrected chi connectivity index (χ0v) is 9.09. The van der Waals surface area contributed by atoms with E-state index in [4.69, 9.17) is 0 Å². The van der Waals surface area contributed by atoms with Crippen LogP contribution in [0.2, 0.25) is 0 Å². The molecular formula is C10H14N2O2S. The van der Waals surface area contributed by atoms with Crippen LogP contribution in [0.3, 0.4) is 0 Å². The summed E-state index contributed by atoms with van der Waals surface area (Å²) in [5, 5.41) is 16.6.